The topological polar surface area (TPSA) is 67.9 Å². The standard InChI is InChI=1S/C20H20FN5/c21-15-5-3-4-14(12-15)20-24-18(17-6-1-2-9-23-17)13-19(25-20)26-10-7-16(22)8-11-26/h1-6,9,12-13,16H,7-8,10-11,22H2. The summed E-state index contributed by atoms with van der Waals surface area (Å²) < 4.78 is 13.7. The molecule has 5 nitrogen and oxygen atoms in total. The zero-order chi connectivity index (χ0) is 17.9. The number of aromatic nitrogens is 3. The van der Waals surface area contributed by atoms with Gasteiger partial charge >= 0.3 is 0 Å². The highest BCUT2D eigenvalue weighted by molar-refractivity contribution is 5.66. The fourth-order valence-electron chi connectivity index (χ4n) is 3.13. The van der Waals surface area contributed by atoms with E-state index in [1.807, 2.05) is 30.3 Å². The number of pyridine rings is 1. The molecular weight excluding hydrogens is 329 g/mol. The van der Waals surface area contributed by atoms with Gasteiger partial charge in [-0.2, -0.15) is 0 Å². The molecule has 1 saturated heterocycles. The lowest BCUT2D eigenvalue weighted by Crippen LogP contribution is -2.40. The predicted octanol–water partition coefficient (Wildman–Crippen LogP) is 3.27. The molecule has 1 aliphatic heterocycles. The number of anilines is 1. The van der Waals surface area contributed by atoms with Gasteiger partial charge in [0, 0.05) is 37.0 Å². The van der Waals surface area contributed by atoms with Crippen LogP contribution in [0.1, 0.15) is 12.8 Å². The van der Waals surface area contributed by atoms with Crippen LogP contribution in [0.15, 0.2) is 54.7 Å². The Hall–Kier alpha value is -2.86. The van der Waals surface area contributed by atoms with Gasteiger partial charge in [-0.05, 0) is 37.1 Å². The minimum atomic E-state index is -0.306. The van der Waals surface area contributed by atoms with Crippen molar-refractivity contribution in [2.45, 2.75) is 18.9 Å². The maximum atomic E-state index is 13.7. The van der Waals surface area contributed by atoms with Crippen LogP contribution >= 0.6 is 0 Å². The van der Waals surface area contributed by atoms with Gasteiger partial charge in [-0.25, -0.2) is 14.4 Å². The fraction of sp³-hybridized carbons (Fsp3) is 0.250. The van der Waals surface area contributed by atoms with Crippen molar-refractivity contribution in [3.63, 3.8) is 0 Å². The van der Waals surface area contributed by atoms with Gasteiger partial charge in [0.1, 0.15) is 11.6 Å². The van der Waals surface area contributed by atoms with E-state index in [-0.39, 0.29) is 11.9 Å². The van der Waals surface area contributed by atoms with Gasteiger partial charge in [-0.15, -0.1) is 0 Å². The number of nitrogens with zero attached hydrogens (tertiary/aromatic N) is 4. The maximum absolute atomic E-state index is 13.7. The van der Waals surface area contributed by atoms with Gasteiger partial charge in [0.05, 0.1) is 11.4 Å². The first kappa shape index (κ1) is 16.6. The Morgan fingerprint density at radius 3 is 2.54 bits per heavy atom. The van der Waals surface area contributed by atoms with Gasteiger partial charge in [0.2, 0.25) is 0 Å². The van der Waals surface area contributed by atoms with Gasteiger partial charge in [-0.1, -0.05) is 18.2 Å². The van der Waals surface area contributed by atoms with Crippen molar-refractivity contribution >= 4 is 5.82 Å². The van der Waals surface area contributed by atoms with Crippen LogP contribution in [-0.4, -0.2) is 34.1 Å². The Kier molecular flexibility index (Phi) is 4.58. The zero-order valence-corrected chi connectivity index (χ0v) is 14.3. The second-order valence-corrected chi connectivity index (χ2v) is 6.48. The molecule has 0 spiro atoms. The largest absolute Gasteiger partial charge is 0.356 e. The Morgan fingerprint density at radius 2 is 1.81 bits per heavy atom. The second-order valence-electron chi connectivity index (χ2n) is 6.48. The number of hydrogen-bond donors (Lipinski definition) is 1. The van der Waals surface area contributed by atoms with Gasteiger partial charge < -0.3 is 10.6 Å². The summed E-state index contributed by atoms with van der Waals surface area (Å²) in [6, 6.07) is 14.2. The van der Waals surface area contributed by atoms with E-state index in [1.165, 1.54) is 12.1 Å². The number of rotatable bonds is 3. The molecule has 0 amide bonds. The highest BCUT2D eigenvalue weighted by Crippen LogP contribution is 2.27. The molecule has 1 aromatic carbocycles. The van der Waals surface area contributed by atoms with Crippen molar-refractivity contribution in [2.75, 3.05) is 18.0 Å². The normalized spacial score (nSPS) is 15.2. The number of hydrogen-bond acceptors (Lipinski definition) is 5. The minimum absolute atomic E-state index is 0.242. The van der Waals surface area contributed by atoms with Crippen LogP contribution in [-0.2, 0) is 0 Å². The number of halogens is 1. The van der Waals surface area contributed by atoms with E-state index in [9.17, 15) is 4.39 Å². The molecule has 0 saturated carbocycles. The van der Waals surface area contributed by atoms with Crippen LogP contribution in [0.3, 0.4) is 0 Å². The molecule has 0 aliphatic carbocycles. The van der Waals surface area contributed by atoms with Gasteiger partial charge in [0.15, 0.2) is 5.82 Å². The van der Waals surface area contributed by atoms with Gasteiger partial charge in [-0.3, -0.25) is 4.98 Å². The summed E-state index contributed by atoms with van der Waals surface area (Å²) in [6.07, 6.45) is 3.59. The van der Waals surface area contributed by atoms with Crippen molar-refractivity contribution in [1.29, 1.82) is 0 Å². The molecule has 1 aliphatic rings. The van der Waals surface area contributed by atoms with E-state index in [0.29, 0.717) is 11.4 Å². The van der Waals surface area contributed by atoms with Crippen LogP contribution in [0.4, 0.5) is 10.2 Å². The molecule has 4 rings (SSSR count). The molecule has 132 valence electrons. The fourth-order valence-corrected chi connectivity index (χ4v) is 3.13. The summed E-state index contributed by atoms with van der Waals surface area (Å²) in [5.74, 6) is 1.02. The average Bonchev–Trinajstić information content (AvgIpc) is 2.69. The molecule has 2 N–H and O–H groups in total. The molecule has 6 heteroatoms. The number of benzene rings is 1. The third-order valence-electron chi connectivity index (χ3n) is 4.59. The number of piperidine rings is 1. The lowest BCUT2D eigenvalue weighted by atomic mass is 10.1. The first-order valence-corrected chi connectivity index (χ1v) is 8.76. The van der Waals surface area contributed by atoms with Crippen molar-refractivity contribution < 1.29 is 4.39 Å². The first-order valence-electron chi connectivity index (χ1n) is 8.76. The van der Waals surface area contributed by atoms with Crippen LogP contribution in [0.5, 0.6) is 0 Å². The van der Waals surface area contributed by atoms with E-state index in [4.69, 9.17) is 10.7 Å². The van der Waals surface area contributed by atoms with Crippen LogP contribution < -0.4 is 10.6 Å². The molecule has 3 heterocycles. The minimum Gasteiger partial charge on any atom is -0.356 e. The summed E-state index contributed by atoms with van der Waals surface area (Å²) >= 11 is 0. The average molecular weight is 349 g/mol. The number of nitrogens with two attached hydrogens (primary N) is 1. The van der Waals surface area contributed by atoms with Crippen LogP contribution in [0, 0.1) is 5.82 Å². The monoisotopic (exact) mass is 349 g/mol. The molecule has 0 bridgehead atoms. The molecular formula is C20H20FN5. The van der Waals surface area contributed by atoms with Crippen molar-refractivity contribution in [3.05, 3.63) is 60.5 Å². The van der Waals surface area contributed by atoms with Crippen molar-refractivity contribution in [3.8, 4) is 22.8 Å². The predicted molar refractivity (Wildman–Crippen MR) is 100 cm³/mol. The van der Waals surface area contributed by atoms with Crippen LogP contribution in [0.2, 0.25) is 0 Å². The summed E-state index contributed by atoms with van der Waals surface area (Å²) in [5, 5.41) is 0. The summed E-state index contributed by atoms with van der Waals surface area (Å²) in [7, 11) is 0. The quantitative estimate of drug-likeness (QED) is 0.786. The van der Waals surface area contributed by atoms with E-state index in [0.717, 1.165) is 43.1 Å². The van der Waals surface area contributed by atoms with E-state index in [2.05, 4.69) is 14.9 Å². The first-order chi connectivity index (χ1) is 12.7. The smallest absolute Gasteiger partial charge is 0.162 e. The highest BCUT2D eigenvalue weighted by Gasteiger charge is 2.19. The highest BCUT2D eigenvalue weighted by atomic mass is 19.1. The van der Waals surface area contributed by atoms with Crippen molar-refractivity contribution in [1.82, 2.24) is 15.0 Å². The molecule has 2 aromatic heterocycles. The third-order valence-corrected chi connectivity index (χ3v) is 4.59. The second kappa shape index (κ2) is 7.17. The molecule has 1 fully saturated rings. The Labute approximate surface area is 151 Å². The van der Waals surface area contributed by atoms with E-state index in [1.54, 1.807) is 12.3 Å². The Bertz CT molecular complexity index is 892. The van der Waals surface area contributed by atoms with E-state index < -0.39 is 0 Å². The third kappa shape index (κ3) is 3.55. The molecule has 3 aromatic rings. The SMILES string of the molecule is NC1CCN(c2cc(-c3ccccn3)nc(-c3cccc(F)c3)n2)CC1. The maximum Gasteiger partial charge on any atom is 0.162 e. The lowest BCUT2D eigenvalue weighted by Gasteiger charge is -2.31. The Morgan fingerprint density at radius 1 is 0.962 bits per heavy atom. The van der Waals surface area contributed by atoms with Crippen LogP contribution in [0.25, 0.3) is 22.8 Å². The summed E-state index contributed by atoms with van der Waals surface area (Å²) in [6.45, 7) is 1.70. The molecule has 26 heavy (non-hydrogen) atoms. The summed E-state index contributed by atoms with van der Waals surface area (Å²) in [5.41, 5.74) is 8.17. The van der Waals surface area contributed by atoms with E-state index >= 15 is 0 Å². The molecule has 0 radical (unpaired) electrons. The summed E-state index contributed by atoms with van der Waals surface area (Å²) in [4.78, 5) is 15.9. The zero-order valence-electron chi connectivity index (χ0n) is 14.3. The van der Waals surface area contributed by atoms with Crippen molar-refractivity contribution in [2.24, 2.45) is 5.73 Å². The lowest BCUT2D eigenvalue weighted by molar-refractivity contribution is 0.498. The molecule has 0 unspecified atom stereocenters. The Balaban J connectivity index is 1.79. The molecule has 0 atom stereocenters. The van der Waals surface area contributed by atoms with Gasteiger partial charge in [0.25, 0.3) is 0 Å².